The molecule has 0 aliphatic carbocycles. The van der Waals surface area contributed by atoms with Crippen LogP contribution in [0.2, 0.25) is 0 Å². The lowest BCUT2D eigenvalue weighted by atomic mass is 10.1. The Hall–Kier alpha value is -0.890. The van der Waals surface area contributed by atoms with Gasteiger partial charge in [0.15, 0.2) is 5.96 Å². The predicted octanol–water partition coefficient (Wildman–Crippen LogP) is 3.76. The highest BCUT2D eigenvalue weighted by atomic mass is 127. The number of likely N-dealkylation sites (tertiary alicyclic amines) is 1. The Kier molecular flexibility index (Phi) is 11.8. The first-order chi connectivity index (χ1) is 11.8. The van der Waals surface area contributed by atoms with E-state index in [-0.39, 0.29) is 29.8 Å². The summed E-state index contributed by atoms with van der Waals surface area (Å²) in [5.74, 6) is 0.571. The second-order valence-electron chi connectivity index (χ2n) is 6.45. The fourth-order valence-corrected chi connectivity index (χ4v) is 3.08. The van der Waals surface area contributed by atoms with Crippen LogP contribution in [0.15, 0.2) is 29.3 Å². The van der Waals surface area contributed by atoms with Gasteiger partial charge in [0.05, 0.1) is 0 Å². The Morgan fingerprint density at radius 1 is 1.12 bits per heavy atom. The van der Waals surface area contributed by atoms with E-state index >= 15 is 0 Å². The van der Waals surface area contributed by atoms with Gasteiger partial charge in [-0.15, -0.1) is 24.0 Å². The zero-order valence-corrected chi connectivity index (χ0v) is 17.6. The Morgan fingerprint density at radius 3 is 2.64 bits per heavy atom. The van der Waals surface area contributed by atoms with E-state index in [1.807, 2.05) is 6.07 Å². The number of nitrogens with zero attached hydrogens (tertiary/aromatic N) is 2. The molecule has 1 aromatic rings. The molecule has 25 heavy (non-hydrogen) atoms. The van der Waals surface area contributed by atoms with Crippen molar-refractivity contribution >= 4 is 29.9 Å². The molecule has 0 spiro atoms. The van der Waals surface area contributed by atoms with Gasteiger partial charge in [-0.25, -0.2) is 4.39 Å². The van der Waals surface area contributed by atoms with Gasteiger partial charge in [0.25, 0.3) is 0 Å². The molecule has 1 aromatic carbocycles. The van der Waals surface area contributed by atoms with E-state index in [0.29, 0.717) is 6.54 Å². The number of rotatable bonds is 8. The number of nitrogens with one attached hydrogen (secondary N) is 2. The molecule has 0 saturated carbocycles. The Morgan fingerprint density at radius 2 is 1.92 bits per heavy atom. The molecule has 142 valence electrons. The molecule has 1 fully saturated rings. The van der Waals surface area contributed by atoms with Crippen molar-refractivity contribution in [2.24, 2.45) is 4.99 Å². The lowest BCUT2D eigenvalue weighted by molar-refractivity contribution is 0.224. The van der Waals surface area contributed by atoms with E-state index in [9.17, 15) is 4.39 Å². The van der Waals surface area contributed by atoms with Gasteiger partial charge < -0.3 is 15.5 Å². The normalized spacial score (nSPS) is 15.5. The first-order valence-electron chi connectivity index (χ1n) is 9.19. The predicted molar refractivity (Wildman–Crippen MR) is 114 cm³/mol. The van der Waals surface area contributed by atoms with Crippen molar-refractivity contribution in [1.29, 1.82) is 0 Å². The standard InChI is InChI=1S/C19H31FN4.HI/c1-21-19(23-16-17-9-8-10-18(20)15-17)22-11-4-2-5-12-24-13-6-3-7-14-24;/h8-10,15H,2-7,11-14,16H2,1H3,(H2,21,22,23);1H. The van der Waals surface area contributed by atoms with Gasteiger partial charge in [-0.2, -0.15) is 0 Å². The number of hydrogen-bond acceptors (Lipinski definition) is 2. The monoisotopic (exact) mass is 462 g/mol. The maximum absolute atomic E-state index is 13.2. The summed E-state index contributed by atoms with van der Waals surface area (Å²) in [5, 5.41) is 6.54. The summed E-state index contributed by atoms with van der Waals surface area (Å²) < 4.78 is 13.2. The summed E-state index contributed by atoms with van der Waals surface area (Å²) >= 11 is 0. The van der Waals surface area contributed by atoms with Gasteiger partial charge in [-0.1, -0.05) is 25.0 Å². The maximum atomic E-state index is 13.2. The number of benzene rings is 1. The zero-order valence-electron chi connectivity index (χ0n) is 15.3. The van der Waals surface area contributed by atoms with Gasteiger partial charge in [0.2, 0.25) is 0 Å². The maximum Gasteiger partial charge on any atom is 0.191 e. The molecule has 6 heteroatoms. The van der Waals surface area contributed by atoms with Crippen LogP contribution in [0.25, 0.3) is 0 Å². The zero-order chi connectivity index (χ0) is 17.0. The van der Waals surface area contributed by atoms with Crippen molar-refractivity contribution in [3.8, 4) is 0 Å². The van der Waals surface area contributed by atoms with Gasteiger partial charge in [0, 0.05) is 20.1 Å². The molecule has 0 aromatic heterocycles. The van der Waals surface area contributed by atoms with Crippen molar-refractivity contribution in [2.45, 2.75) is 45.1 Å². The minimum atomic E-state index is -0.203. The van der Waals surface area contributed by atoms with E-state index in [2.05, 4.69) is 20.5 Å². The van der Waals surface area contributed by atoms with Crippen LogP contribution >= 0.6 is 24.0 Å². The Balaban J connectivity index is 0.00000312. The summed E-state index contributed by atoms with van der Waals surface area (Å²) in [7, 11) is 1.76. The molecule has 1 aliphatic heterocycles. The Labute approximate surface area is 168 Å². The minimum absolute atomic E-state index is 0. The quantitative estimate of drug-likeness (QED) is 0.268. The number of guanidine groups is 1. The van der Waals surface area contributed by atoms with Crippen molar-refractivity contribution in [2.75, 3.05) is 33.2 Å². The van der Waals surface area contributed by atoms with Crippen LogP contribution in [0.1, 0.15) is 44.1 Å². The fourth-order valence-electron chi connectivity index (χ4n) is 3.08. The molecule has 2 rings (SSSR count). The second-order valence-corrected chi connectivity index (χ2v) is 6.45. The molecule has 4 nitrogen and oxygen atoms in total. The highest BCUT2D eigenvalue weighted by molar-refractivity contribution is 14.0. The van der Waals surface area contributed by atoms with E-state index in [1.165, 1.54) is 57.8 Å². The molecule has 0 atom stereocenters. The average Bonchev–Trinajstić information content (AvgIpc) is 2.61. The average molecular weight is 462 g/mol. The first-order valence-corrected chi connectivity index (χ1v) is 9.19. The van der Waals surface area contributed by atoms with E-state index in [0.717, 1.165) is 24.5 Å². The van der Waals surface area contributed by atoms with Crippen molar-refractivity contribution < 1.29 is 4.39 Å². The van der Waals surface area contributed by atoms with Gasteiger partial charge in [0.1, 0.15) is 5.82 Å². The molecule has 1 saturated heterocycles. The van der Waals surface area contributed by atoms with Gasteiger partial charge in [-0.3, -0.25) is 4.99 Å². The van der Waals surface area contributed by atoms with Crippen LogP contribution in [-0.2, 0) is 6.54 Å². The molecule has 1 aliphatic rings. The third-order valence-electron chi connectivity index (χ3n) is 4.46. The Bertz CT molecular complexity index is 504. The molecular weight excluding hydrogens is 430 g/mol. The lowest BCUT2D eigenvalue weighted by Crippen LogP contribution is -2.37. The smallest absolute Gasteiger partial charge is 0.191 e. The summed E-state index contributed by atoms with van der Waals surface area (Å²) in [6, 6.07) is 6.64. The van der Waals surface area contributed by atoms with Crippen LogP contribution in [0, 0.1) is 5.82 Å². The number of unbranched alkanes of at least 4 members (excludes halogenated alkanes) is 2. The summed E-state index contributed by atoms with van der Waals surface area (Å²) in [4.78, 5) is 6.80. The number of hydrogen-bond donors (Lipinski definition) is 2. The molecular formula is C19H32FIN4. The van der Waals surface area contributed by atoms with Crippen LogP contribution in [-0.4, -0.2) is 44.1 Å². The van der Waals surface area contributed by atoms with Gasteiger partial charge >= 0.3 is 0 Å². The van der Waals surface area contributed by atoms with E-state index in [1.54, 1.807) is 19.2 Å². The SMILES string of the molecule is CN=C(NCCCCCN1CCCCC1)NCc1cccc(F)c1.I. The van der Waals surface area contributed by atoms with Crippen molar-refractivity contribution in [3.63, 3.8) is 0 Å². The van der Waals surface area contributed by atoms with Crippen LogP contribution in [0.4, 0.5) is 4.39 Å². The van der Waals surface area contributed by atoms with Crippen molar-refractivity contribution in [1.82, 2.24) is 15.5 Å². The van der Waals surface area contributed by atoms with Crippen LogP contribution < -0.4 is 10.6 Å². The minimum Gasteiger partial charge on any atom is -0.356 e. The highest BCUT2D eigenvalue weighted by Gasteiger charge is 2.08. The van der Waals surface area contributed by atoms with Gasteiger partial charge in [-0.05, 0) is 63.0 Å². The molecule has 0 unspecified atom stereocenters. The van der Waals surface area contributed by atoms with Crippen molar-refractivity contribution in [3.05, 3.63) is 35.6 Å². The van der Waals surface area contributed by atoms with E-state index < -0.39 is 0 Å². The highest BCUT2D eigenvalue weighted by Crippen LogP contribution is 2.09. The fraction of sp³-hybridized carbons (Fsp3) is 0.632. The lowest BCUT2D eigenvalue weighted by Gasteiger charge is -2.26. The van der Waals surface area contributed by atoms with Crippen LogP contribution in [0.3, 0.4) is 0 Å². The largest absolute Gasteiger partial charge is 0.356 e. The summed E-state index contributed by atoms with van der Waals surface area (Å²) in [5.41, 5.74) is 0.916. The van der Waals surface area contributed by atoms with Crippen LogP contribution in [0.5, 0.6) is 0 Å². The number of aliphatic imine (C=N–C) groups is 1. The molecule has 1 heterocycles. The first kappa shape index (κ1) is 22.2. The van der Waals surface area contributed by atoms with E-state index in [4.69, 9.17) is 0 Å². The summed E-state index contributed by atoms with van der Waals surface area (Å²) in [6.07, 6.45) is 7.81. The molecule has 0 bridgehead atoms. The second kappa shape index (κ2) is 13.3. The molecule has 2 N–H and O–H groups in total. The topological polar surface area (TPSA) is 39.7 Å². The summed E-state index contributed by atoms with van der Waals surface area (Å²) in [6.45, 7) is 5.31. The molecule has 0 amide bonds. The molecule has 0 radical (unpaired) electrons. The number of piperidine rings is 1. The number of halogens is 2. The third-order valence-corrected chi connectivity index (χ3v) is 4.46. The third kappa shape index (κ3) is 9.39.